The molecule has 6 aliphatic rings. The first-order valence-electron chi connectivity index (χ1n) is 17.1. The number of carbonyl (C=O) groups is 6. The van der Waals surface area contributed by atoms with Crippen LogP contribution < -0.4 is 9.80 Å². The molecule has 2 saturated carbocycles. The maximum absolute atomic E-state index is 13.2. The lowest BCUT2D eigenvalue weighted by atomic mass is 9.85. The van der Waals surface area contributed by atoms with Crippen molar-refractivity contribution < 1.29 is 28.8 Å². The van der Waals surface area contributed by atoms with Crippen LogP contribution in [0.2, 0.25) is 0 Å². The number of allylic oxidation sites excluding steroid dienone is 6. The number of anilines is 2. The highest BCUT2D eigenvalue weighted by Gasteiger charge is 2.60. The molecule has 3 aromatic carbocycles. The summed E-state index contributed by atoms with van der Waals surface area (Å²) in [5.74, 6) is -1.95. The molecular formula is C42H32N2O6. The van der Waals surface area contributed by atoms with Gasteiger partial charge in [0.2, 0.25) is 23.6 Å². The maximum atomic E-state index is 13.2. The van der Waals surface area contributed by atoms with E-state index in [2.05, 4.69) is 24.3 Å². The normalized spacial score (nSPS) is 30.2. The number of rotatable bonds is 8. The molecule has 8 heteroatoms. The number of benzene rings is 3. The summed E-state index contributed by atoms with van der Waals surface area (Å²) in [6, 6.07) is 20.6. The predicted molar refractivity (Wildman–Crippen MR) is 186 cm³/mol. The summed E-state index contributed by atoms with van der Waals surface area (Å²) in [5, 5.41) is 0. The van der Waals surface area contributed by atoms with Gasteiger partial charge < -0.3 is 0 Å². The topological polar surface area (TPSA) is 109 Å². The second-order valence-electron chi connectivity index (χ2n) is 14.2. The smallest absolute Gasteiger partial charge is 0.238 e. The highest BCUT2D eigenvalue weighted by molar-refractivity contribution is 6.24. The Bertz CT molecular complexity index is 1950. The summed E-state index contributed by atoms with van der Waals surface area (Å²) in [4.78, 5) is 81.6. The van der Waals surface area contributed by atoms with Crippen molar-refractivity contribution in [3.05, 3.63) is 132 Å². The number of carbonyl (C=O) groups excluding carboxylic acids is 6. The summed E-state index contributed by atoms with van der Waals surface area (Å²) in [7, 11) is 0. The molecule has 8 nitrogen and oxygen atoms in total. The third-order valence-corrected chi connectivity index (χ3v) is 11.5. The quantitative estimate of drug-likeness (QED) is 0.125. The van der Waals surface area contributed by atoms with E-state index in [1.807, 2.05) is 24.3 Å². The Morgan fingerprint density at radius 2 is 0.840 bits per heavy atom. The van der Waals surface area contributed by atoms with E-state index in [1.54, 1.807) is 60.7 Å². The van der Waals surface area contributed by atoms with E-state index >= 15 is 0 Å². The van der Waals surface area contributed by atoms with Gasteiger partial charge in [0.05, 0.1) is 35.0 Å². The molecule has 4 aliphatic carbocycles. The van der Waals surface area contributed by atoms with Crippen LogP contribution in [-0.4, -0.2) is 35.2 Å². The van der Waals surface area contributed by atoms with Crippen molar-refractivity contribution in [2.24, 2.45) is 47.3 Å². The summed E-state index contributed by atoms with van der Waals surface area (Å²) in [6.07, 6.45) is 16.2. The van der Waals surface area contributed by atoms with E-state index in [0.29, 0.717) is 22.5 Å². The first-order chi connectivity index (χ1) is 24.3. The SMILES string of the molecule is O=C(/C=C/c1ccc(/C=C/C(=O)c2cccc(N3C(=O)[C@@H]4[C@H](C3=O)[C@H]3C=C[C@H]4C3)c2)cc1)c1cccc(N2C(=O)[C@@H]3[C@H](C2=O)[C@H]2C=C[C@H]3C2)c1. The Morgan fingerprint density at radius 3 is 1.18 bits per heavy atom. The minimum absolute atomic E-state index is 0.118. The van der Waals surface area contributed by atoms with Crippen molar-refractivity contribution in [2.75, 3.05) is 9.80 Å². The Kier molecular flexibility index (Phi) is 6.91. The van der Waals surface area contributed by atoms with Crippen LogP contribution in [0.15, 0.2) is 109 Å². The Labute approximate surface area is 288 Å². The van der Waals surface area contributed by atoms with E-state index in [1.165, 1.54) is 22.0 Å². The third kappa shape index (κ3) is 4.65. The molecule has 4 fully saturated rings. The number of hydrogen-bond donors (Lipinski definition) is 0. The molecule has 3 aromatic rings. The largest absolute Gasteiger partial charge is 0.289 e. The molecule has 2 heterocycles. The molecule has 0 N–H and O–H groups in total. The van der Waals surface area contributed by atoms with Gasteiger partial charge in [-0.1, -0.05) is 85.0 Å². The molecule has 2 aliphatic heterocycles. The maximum Gasteiger partial charge on any atom is 0.238 e. The van der Waals surface area contributed by atoms with Gasteiger partial charge in [-0.05, 0) is 84.1 Å². The molecular weight excluding hydrogens is 628 g/mol. The van der Waals surface area contributed by atoms with Crippen LogP contribution in [0.4, 0.5) is 11.4 Å². The van der Waals surface area contributed by atoms with Crippen molar-refractivity contribution in [3.8, 4) is 0 Å². The van der Waals surface area contributed by atoms with E-state index < -0.39 is 0 Å². The van der Waals surface area contributed by atoms with Crippen LogP contribution in [0.5, 0.6) is 0 Å². The lowest BCUT2D eigenvalue weighted by Crippen LogP contribution is -2.32. The molecule has 0 unspecified atom stereocenters. The number of imide groups is 2. The van der Waals surface area contributed by atoms with E-state index in [-0.39, 0.29) is 82.5 Å². The van der Waals surface area contributed by atoms with Gasteiger partial charge in [0, 0.05) is 11.1 Å². The van der Waals surface area contributed by atoms with Gasteiger partial charge in [0.25, 0.3) is 0 Å². The summed E-state index contributed by atoms with van der Waals surface area (Å²) >= 11 is 0. The summed E-state index contributed by atoms with van der Waals surface area (Å²) in [5.41, 5.74) is 3.17. The van der Waals surface area contributed by atoms with Gasteiger partial charge in [-0.2, -0.15) is 0 Å². The molecule has 8 atom stereocenters. The lowest BCUT2D eigenvalue weighted by Gasteiger charge is -2.17. The van der Waals surface area contributed by atoms with Crippen molar-refractivity contribution in [1.29, 1.82) is 0 Å². The predicted octanol–water partition coefficient (Wildman–Crippen LogP) is 6.10. The fraction of sp³-hybridized carbons (Fsp3) is 0.238. The van der Waals surface area contributed by atoms with Crippen molar-refractivity contribution in [2.45, 2.75) is 12.8 Å². The first-order valence-corrected chi connectivity index (χ1v) is 17.1. The van der Waals surface area contributed by atoms with Gasteiger partial charge in [0.1, 0.15) is 0 Å². The van der Waals surface area contributed by atoms with E-state index in [4.69, 9.17) is 0 Å². The minimum Gasteiger partial charge on any atom is -0.289 e. The fourth-order valence-electron chi connectivity index (χ4n) is 9.16. The van der Waals surface area contributed by atoms with Crippen LogP contribution >= 0.6 is 0 Å². The average molecular weight is 661 g/mol. The molecule has 246 valence electrons. The molecule has 4 bridgehead atoms. The lowest BCUT2D eigenvalue weighted by molar-refractivity contribution is -0.124. The van der Waals surface area contributed by atoms with Crippen LogP contribution in [0.25, 0.3) is 12.2 Å². The number of fused-ring (bicyclic) bond motifs is 10. The van der Waals surface area contributed by atoms with E-state index in [9.17, 15) is 28.8 Å². The first kappa shape index (κ1) is 30.3. The summed E-state index contributed by atoms with van der Waals surface area (Å²) in [6.45, 7) is 0. The van der Waals surface area contributed by atoms with Crippen LogP contribution in [0, 0.1) is 47.3 Å². The molecule has 2 saturated heterocycles. The van der Waals surface area contributed by atoms with Crippen LogP contribution in [-0.2, 0) is 19.2 Å². The van der Waals surface area contributed by atoms with Gasteiger partial charge in [-0.15, -0.1) is 0 Å². The Morgan fingerprint density at radius 1 is 0.500 bits per heavy atom. The second-order valence-corrected chi connectivity index (χ2v) is 14.2. The Hall–Kier alpha value is -5.76. The van der Waals surface area contributed by atoms with Crippen LogP contribution in [0.3, 0.4) is 0 Å². The third-order valence-electron chi connectivity index (χ3n) is 11.5. The molecule has 50 heavy (non-hydrogen) atoms. The fourth-order valence-corrected chi connectivity index (χ4v) is 9.16. The highest BCUT2D eigenvalue weighted by Crippen LogP contribution is 2.54. The van der Waals surface area contributed by atoms with Crippen molar-refractivity contribution in [3.63, 3.8) is 0 Å². The Balaban J connectivity index is 0.841. The molecule has 4 amide bonds. The molecule has 9 rings (SSSR count). The molecule has 0 aromatic heterocycles. The monoisotopic (exact) mass is 660 g/mol. The standard InChI is InChI=1S/C42H32N2O6/c45-33(25-3-1-5-31(21-25)43-39(47)35-27-13-14-28(19-27)36(35)40(43)48)17-11-23-7-9-24(10-8-23)12-18-34(46)26-4-2-6-32(22-26)44-41(49)37-29-15-16-30(20-29)38(37)42(44)50/h1-18,21-22,27-30,35-38H,19-20H2/b17-11+,18-12+/t27-,28-,29-,30-,35-,36+,37-,38+/m0/s1. The van der Waals surface area contributed by atoms with E-state index in [0.717, 1.165) is 24.0 Å². The number of nitrogens with zero attached hydrogens (tertiary/aromatic N) is 2. The van der Waals surface area contributed by atoms with Gasteiger partial charge in [-0.25, -0.2) is 9.80 Å². The number of ketones is 2. The number of amides is 4. The van der Waals surface area contributed by atoms with Crippen molar-refractivity contribution >= 4 is 58.7 Å². The van der Waals surface area contributed by atoms with Crippen LogP contribution in [0.1, 0.15) is 44.7 Å². The van der Waals surface area contributed by atoms with Gasteiger partial charge in [-0.3, -0.25) is 28.8 Å². The van der Waals surface area contributed by atoms with Crippen molar-refractivity contribution in [1.82, 2.24) is 0 Å². The summed E-state index contributed by atoms with van der Waals surface area (Å²) < 4.78 is 0. The zero-order chi connectivity index (χ0) is 34.3. The molecule has 0 radical (unpaired) electrons. The highest BCUT2D eigenvalue weighted by atomic mass is 16.2. The zero-order valence-electron chi connectivity index (χ0n) is 26.9. The average Bonchev–Trinajstić information content (AvgIpc) is 3.99. The second kappa shape index (κ2) is 11.4. The minimum atomic E-state index is -0.300. The van der Waals surface area contributed by atoms with Gasteiger partial charge in [0.15, 0.2) is 11.6 Å². The van der Waals surface area contributed by atoms with Gasteiger partial charge >= 0.3 is 0 Å². The molecule has 0 spiro atoms. The zero-order valence-corrected chi connectivity index (χ0v) is 26.9. The number of hydrogen-bond acceptors (Lipinski definition) is 6.